The normalized spacial score (nSPS) is 11.1. The summed E-state index contributed by atoms with van der Waals surface area (Å²) in [6.07, 6.45) is 2.14. The zero-order chi connectivity index (χ0) is 24.2. The van der Waals surface area contributed by atoms with Gasteiger partial charge in [0.2, 0.25) is 5.95 Å². The third-order valence-corrected chi connectivity index (χ3v) is 6.14. The summed E-state index contributed by atoms with van der Waals surface area (Å²) in [5.41, 5.74) is 4.21. The smallest absolute Gasteiger partial charge is 0.255 e. The Kier molecular flexibility index (Phi) is 10.5. The van der Waals surface area contributed by atoms with Gasteiger partial charge in [0.15, 0.2) is 0 Å². The molecule has 0 spiro atoms. The molecule has 0 aliphatic heterocycles. The first-order valence-electron chi connectivity index (χ1n) is 11.4. The molecule has 0 atom stereocenters. The van der Waals surface area contributed by atoms with Gasteiger partial charge in [0.25, 0.3) is 5.56 Å². The summed E-state index contributed by atoms with van der Waals surface area (Å²) >= 11 is 1.85. The summed E-state index contributed by atoms with van der Waals surface area (Å²) in [5.74, 6) is 3.20. The first-order chi connectivity index (χ1) is 16.5. The standard InChI is InChI=1S/C26H34N4O3S/c1-30(2)17-21-5-4-6-22(15-21)19-34-14-12-27-26-28-16-23(25(31)29-26)11-13-33-18-20-7-9-24(32-3)10-8-20/h4-10,15-16H,11-14,17-19H2,1-3H3,(H2,27,28,29,31). The highest BCUT2D eigenvalue weighted by Crippen LogP contribution is 2.15. The van der Waals surface area contributed by atoms with Crippen LogP contribution in [-0.4, -0.2) is 55.0 Å². The fraction of sp³-hybridized carbons (Fsp3) is 0.385. The van der Waals surface area contributed by atoms with Crippen LogP contribution in [0.4, 0.5) is 5.95 Å². The minimum Gasteiger partial charge on any atom is -0.497 e. The molecule has 2 N–H and O–H groups in total. The average Bonchev–Trinajstić information content (AvgIpc) is 2.83. The van der Waals surface area contributed by atoms with Gasteiger partial charge >= 0.3 is 0 Å². The predicted molar refractivity (Wildman–Crippen MR) is 140 cm³/mol. The molecule has 182 valence electrons. The Bertz CT molecular complexity index is 1070. The van der Waals surface area contributed by atoms with Gasteiger partial charge in [-0.15, -0.1) is 0 Å². The second kappa shape index (κ2) is 13.8. The number of nitrogens with zero attached hydrogens (tertiary/aromatic N) is 2. The highest BCUT2D eigenvalue weighted by molar-refractivity contribution is 7.98. The van der Waals surface area contributed by atoms with Crippen LogP contribution in [0.2, 0.25) is 0 Å². The van der Waals surface area contributed by atoms with Crippen LogP contribution in [-0.2, 0) is 30.1 Å². The number of thioether (sulfide) groups is 1. The molecule has 3 aromatic rings. The van der Waals surface area contributed by atoms with E-state index in [1.807, 2.05) is 36.0 Å². The van der Waals surface area contributed by atoms with Gasteiger partial charge in [0.1, 0.15) is 5.75 Å². The van der Waals surface area contributed by atoms with Crippen molar-refractivity contribution >= 4 is 17.7 Å². The minimum absolute atomic E-state index is 0.129. The Labute approximate surface area is 205 Å². The van der Waals surface area contributed by atoms with Gasteiger partial charge in [0.05, 0.1) is 20.3 Å². The van der Waals surface area contributed by atoms with Gasteiger partial charge in [-0.2, -0.15) is 11.8 Å². The highest BCUT2D eigenvalue weighted by atomic mass is 32.2. The Morgan fingerprint density at radius 3 is 2.62 bits per heavy atom. The van der Waals surface area contributed by atoms with E-state index in [2.05, 4.69) is 58.5 Å². The molecule has 0 fully saturated rings. The SMILES string of the molecule is COc1ccc(COCCc2cnc(NCCSCc3cccc(CN(C)C)c3)[nH]c2=O)cc1. The zero-order valence-electron chi connectivity index (χ0n) is 20.2. The van der Waals surface area contributed by atoms with Gasteiger partial charge in [-0.05, 0) is 42.9 Å². The number of nitrogens with one attached hydrogen (secondary N) is 2. The minimum atomic E-state index is -0.129. The lowest BCUT2D eigenvalue weighted by Gasteiger charge is -2.11. The Balaban J connectivity index is 1.34. The molecule has 0 bridgehead atoms. The molecule has 0 saturated carbocycles. The number of hydrogen-bond donors (Lipinski definition) is 2. The number of aromatic nitrogens is 2. The molecule has 2 aromatic carbocycles. The molecule has 0 radical (unpaired) electrons. The quantitative estimate of drug-likeness (QED) is 0.337. The van der Waals surface area contributed by atoms with E-state index < -0.39 is 0 Å². The van der Waals surface area contributed by atoms with Crippen LogP contribution in [0, 0.1) is 0 Å². The van der Waals surface area contributed by atoms with Crippen molar-refractivity contribution in [2.75, 3.05) is 45.4 Å². The Morgan fingerprint density at radius 2 is 1.88 bits per heavy atom. The number of ether oxygens (including phenoxy) is 2. The molecular weight excluding hydrogens is 448 g/mol. The number of methoxy groups -OCH3 is 1. The fourth-order valence-corrected chi connectivity index (χ4v) is 4.20. The molecule has 0 unspecified atom stereocenters. The third kappa shape index (κ3) is 8.85. The zero-order valence-corrected chi connectivity index (χ0v) is 21.0. The number of anilines is 1. The van der Waals surface area contributed by atoms with Crippen LogP contribution >= 0.6 is 11.8 Å². The van der Waals surface area contributed by atoms with Crippen molar-refractivity contribution in [2.45, 2.75) is 25.3 Å². The summed E-state index contributed by atoms with van der Waals surface area (Å²) in [7, 11) is 5.80. The lowest BCUT2D eigenvalue weighted by Crippen LogP contribution is -2.19. The molecule has 0 aliphatic carbocycles. The van der Waals surface area contributed by atoms with E-state index in [1.54, 1.807) is 13.3 Å². The lowest BCUT2D eigenvalue weighted by molar-refractivity contribution is 0.123. The number of aromatic amines is 1. The maximum atomic E-state index is 12.3. The molecule has 7 nitrogen and oxygen atoms in total. The van der Waals surface area contributed by atoms with E-state index in [1.165, 1.54) is 11.1 Å². The number of rotatable bonds is 14. The molecule has 0 saturated heterocycles. The number of benzene rings is 2. The Morgan fingerprint density at radius 1 is 1.09 bits per heavy atom. The molecule has 34 heavy (non-hydrogen) atoms. The summed E-state index contributed by atoms with van der Waals surface area (Å²) in [6, 6.07) is 16.4. The number of H-pyrrole nitrogens is 1. The predicted octanol–water partition coefficient (Wildman–Crippen LogP) is 3.94. The topological polar surface area (TPSA) is 79.5 Å². The van der Waals surface area contributed by atoms with E-state index in [4.69, 9.17) is 9.47 Å². The van der Waals surface area contributed by atoms with Crippen molar-refractivity contribution in [1.82, 2.24) is 14.9 Å². The molecule has 1 heterocycles. The number of hydrogen-bond acceptors (Lipinski definition) is 7. The van der Waals surface area contributed by atoms with Crippen LogP contribution in [0.3, 0.4) is 0 Å². The van der Waals surface area contributed by atoms with Crippen molar-refractivity contribution in [2.24, 2.45) is 0 Å². The molecular formula is C26H34N4O3S. The highest BCUT2D eigenvalue weighted by Gasteiger charge is 2.04. The molecule has 3 rings (SSSR count). The molecule has 8 heteroatoms. The van der Waals surface area contributed by atoms with Crippen LogP contribution in [0.25, 0.3) is 0 Å². The van der Waals surface area contributed by atoms with Gasteiger partial charge < -0.3 is 19.7 Å². The van der Waals surface area contributed by atoms with Crippen LogP contribution in [0.1, 0.15) is 22.3 Å². The van der Waals surface area contributed by atoms with Crippen molar-refractivity contribution in [3.05, 3.63) is 87.3 Å². The Hall–Kier alpha value is -2.81. The maximum Gasteiger partial charge on any atom is 0.255 e. The molecule has 0 aliphatic rings. The van der Waals surface area contributed by atoms with Gasteiger partial charge in [-0.25, -0.2) is 4.98 Å². The first kappa shape index (κ1) is 25.8. The summed E-state index contributed by atoms with van der Waals surface area (Å²) < 4.78 is 10.8. The average molecular weight is 483 g/mol. The summed E-state index contributed by atoms with van der Waals surface area (Å²) in [6.45, 7) is 2.63. The fourth-order valence-electron chi connectivity index (χ4n) is 3.40. The summed E-state index contributed by atoms with van der Waals surface area (Å²) in [5, 5.41) is 3.20. The summed E-state index contributed by atoms with van der Waals surface area (Å²) in [4.78, 5) is 21.7. The monoisotopic (exact) mass is 482 g/mol. The molecule has 1 aromatic heterocycles. The first-order valence-corrected chi connectivity index (χ1v) is 12.5. The lowest BCUT2D eigenvalue weighted by atomic mass is 10.1. The second-order valence-electron chi connectivity index (χ2n) is 8.27. The van der Waals surface area contributed by atoms with Crippen molar-refractivity contribution in [3.63, 3.8) is 0 Å². The van der Waals surface area contributed by atoms with Crippen LogP contribution < -0.4 is 15.6 Å². The van der Waals surface area contributed by atoms with Crippen molar-refractivity contribution in [3.8, 4) is 5.75 Å². The van der Waals surface area contributed by atoms with E-state index in [9.17, 15) is 4.79 Å². The van der Waals surface area contributed by atoms with Gasteiger partial charge in [-0.3, -0.25) is 9.78 Å². The maximum absolute atomic E-state index is 12.3. The van der Waals surface area contributed by atoms with Gasteiger partial charge in [0, 0.05) is 42.8 Å². The van der Waals surface area contributed by atoms with Gasteiger partial charge in [-0.1, -0.05) is 36.4 Å². The second-order valence-corrected chi connectivity index (χ2v) is 9.38. The van der Waals surface area contributed by atoms with Crippen LogP contribution in [0.5, 0.6) is 5.75 Å². The van der Waals surface area contributed by atoms with E-state index in [-0.39, 0.29) is 5.56 Å². The van der Waals surface area contributed by atoms with E-state index in [0.717, 1.165) is 35.9 Å². The third-order valence-electron chi connectivity index (χ3n) is 5.11. The van der Waals surface area contributed by atoms with Crippen molar-refractivity contribution < 1.29 is 9.47 Å². The van der Waals surface area contributed by atoms with Crippen LogP contribution in [0.15, 0.2) is 59.5 Å². The molecule has 0 amide bonds. The van der Waals surface area contributed by atoms with E-state index >= 15 is 0 Å². The van der Waals surface area contributed by atoms with Crippen molar-refractivity contribution in [1.29, 1.82) is 0 Å². The van der Waals surface area contributed by atoms with E-state index in [0.29, 0.717) is 31.1 Å². The largest absolute Gasteiger partial charge is 0.497 e.